The highest BCUT2D eigenvalue weighted by Gasteiger charge is 2.25. The molecule has 0 atom stereocenters. The number of pyridine rings is 1. The number of hydrogen-bond acceptors (Lipinski definition) is 7. The molecular weight excluding hydrogens is 384 g/mol. The molecular formula is C21H26N6OS. The van der Waals surface area contributed by atoms with Crippen molar-refractivity contribution in [3.05, 3.63) is 46.3 Å². The van der Waals surface area contributed by atoms with Crippen LogP contribution >= 0.6 is 11.3 Å². The lowest BCUT2D eigenvalue weighted by Gasteiger charge is -2.38. The molecule has 0 radical (unpaired) electrons. The summed E-state index contributed by atoms with van der Waals surface area (Å²) in [5.74, 6) is 0.979. The van der Waals surface area contributed by atoms with E-state index in [1.165, 1.54) is 4.88 Å². The number of hydrogen-bond donors (Lipinski definition) is 0. The van der Waals surface area contributed by atoms with Gasteiger partial charge in [0, 0.05) is 70.0 Å². The van der Waals surface area contributed by atoms with Crippen LogP contribution in [0, 0.1) is 11.3 Å². The molecule has 0 bridgehead atoms. The molecule has 152 valence electrons. The first-order chi connectivity index (χ1) is 14.2. The highest BCUT2D eigenvalue weighted by atomic mass is 32.1. The van der Waals surface area contributed by atoms with Crippen molar-refractivity contribution in [2.75, 3.05) is 63.8 Å². The monoisotopic (exact) mass is 410 g/mol. The van der Waals surface area contributed by atoms with Crippen molar-refractivity contribution in [1.29, 1.82) is 5.26 Å². The van der Waals surface area contributed by atoms with E-state index in [9.17, 15) is 10.1 Å². The topological polar surface area (TPSA) is 66.7 Å². The van der Waals surface area contributed by atoms with Crippen LogP contribution in [0.4, 0.5) is 5.82 Å². The van der Waals surface area contributed by atoms with Gasteiger partial charge in [-0.25, -0.2) is 4.98 Å². The third-order valence-corrected chi connectivity index (χ3v) is 6.48. The average molecular weight is 411 g/mol. The van der Waals surface area contributed by atoms with Gasteiger partial charge in [-0.2, -0.15) is 5.26 Å². The van der Waals surface area contributed by atoms with Gasteiger partial charge in [0.05, 0.1) is 12.1 Å². The number of piperazine rings is 2. The number of anilines is 1. The predicted molar refractivity (Wildman–Crippen MR) is 114 cm³/mol. The van der Waals surface area contributed by atoms with Gasteiger partial charge in [0.1, 0.15) is 11.9 Å². The molecule has 2 saturated heterocycles. The van der Waals surface area contributed by atoms with Crippen LogP contribution in [-0.4, -0.2) is 84.5 Å². The van der Waals surface area contributed by atoms with Crippen LogP contribution in [0.1, 0.15) is 10.4 Å². The van der Waals surface area contributed by atoms with Gasteiger partial charge in [-0.3, -0.25) is 14.6 Å². The van der Waals surface area contributed by atoms with Crippen molar-refractivity contribution in [2.24, 2.45) is 0 Å². The fraction of sp³-hybridized carbons (Fsp3) is 0.476. The van der Waals surface area contributed by atoms with E-state index in [0.29, 0.717) is 12.1 Å². The third kappa shape index (κ3) is 4.93. The van der Waals surface area contributed by atoms with Gasteiger partial charge >= 0.3 is 0 Å². The molecule has 2 aliphatic heterocycles. The molecule has 2 aromatic heterocycles. The van der Waals surface area contributed by atoms with Crippen molar-refractivity contribution in [2.45, 2.75) is 6.54 Å². The Morgan fingerprint density at radius 2 is 1.79 bits per heavy atom. The molecule has 7 nitrogen and oxygen atoms in total. The molecule has 4 heterocycles. The summed E-state index contributed by atoms with van der Waals surface area (Å²) >= 11 is 1.79. The number of carbonyl (C=O) groups is 1. The Bertz CT molecular complexity index is 848. The summed E-state index contributed by atoms with van der Waals surface area (Å²) in [4.78, 5) is 27.3. The van der Waals surface area contributed by atoms with Gasteiger partial charge in [-0.15, -0.1) is 11.3 Å². The molecule has 8 heteroatoms. The largest absolute Gasteiger partial charge is 0.353 e. The number of amides is 1. The second-order valence-electron chi connectivity index (χ2n) is 7.49. The molecule has 0 saturated carbocycles. The van der Waals surface area contributed by atoms with E-state index >= 15 is 0 Å². The summed E-state index contributed by atoms with van der Waals surface area (Å²) in [5.41, 5.74) is 0.609. The van der Waals surface area contributed by atoms with E-state index in [-0.39, 0.29) is 5.91 Å². The number of nitriles is 1. The Morgan fingerprint density at radius 1 is 1.03 bits per heavy atom. The van der Waals surface area contributed by atoms with Crippen LogP contribution in [0.3, 0.4) is 0 Å². The number of rotatable bonds is 5. The van der Waals surface area contributed by atoms with E-state index in [1.54, 1.807) is 29.7 Å². The molecule has 0 aromatic carbocycles. The molecule has 29 heavy (non-hydrogen) atoms. The second-order valence-corrected chi connectivity index (χ2v) is 8.52. The van der Waals surface area contributed by atoms with Crippen molar-refractivity contribution in [1.82, 2.24) is 19.7 Å². The first-order valence-corrected chi connectivity index (χ1v) is 11.0. The lowest BCUT2D eigenvalue weighted by Crippen LogP contribution is -2.53. The number of aromatic nitrogens is 1. The maximum absolute atomic E-state index is 12.7. The Morgan fingerprint density at radius 3 is 2.48 bits per heavy atom. The summed E-state index contributed by atoms with van der Waals surface area (Å²) in [5, 5.41) is 11.4. The quantitative estimate of drug-likeness (QED) is 0.744. The standard InChI is InChI=1S/C21H26N6OS/c22-15-18-3-1-5-23-21(18)27-12-8-25(9-13-27)17-20(28)26-10-6-24(7-11-26)16-19-4-2-14-29-19/h1-5,14H,6-13,16-17H2. The lowest BCUT2D eigenvalue weighted by atomic mass is 10.2. The summed E-state index contributed by atoms with van der Waals surface area (Å²) < 4.78 is 0. The smallest absolute Gasteiger partial charge is 0.236 e. The maximum Gasteiger partial charge on any atom is 0.236 e. The fourth-order valence-corrected chi connectivity index (χ4v) is 4.67. The van der Waals surface area contributed by atoms with E-state index in [4.69, 9.17) is 0 Å². The summed E-state index contributed by atoms with van der Waals surface area (Å²) in [7, 11) is 0. The minimum atomic E-state index is 0.227. The van der Waals surface area contributed by atoms with Crippen LogP contribution in [0.2, 0.25) is 0 Å². The number of thiophene rings is 1. The highest BCUT2D eigenvalue weighted by Crippen LogP contribution is 2.18. The molecule has 1 amide bonds. The molecule has 0 aliphatic carbocycles. The molecule has 2 aromatic rings. The third-order valence-electron chi connectivity index (χ3n) is 5.62. The van der Waals surface area contributed by atoms with Crippen LogP contribution < -0.4 is 4.90 Å². The molecule has 2 aliphatic rings. The Hall–Kier alpha value is -2.47. The van der Waals surface area contributed by atoms with Crippen LogP contribution in [0.25, 0.3) is 0 Å². The summed E-state index contributed by atoms with van der Waals surface area (Å²) in [6, 6.07) is 10.1. The second kappa shape index (κ2) is 9.35. The van der Waals surface area contributed by atoms with Gasteiger partial charge < -0.3 is 9.80 Å². The summed E-state index contributed by atoms with van der Waals surface area (Å²) in [6.07, 6.45) is 1.73. The predicted octanol–water partition coefficient (Wildman–Crippen LogP) is 1.48. The number of nitrogens with zero attached hydrogens (tertiary/aromatic N) is 6. The van der Waals surface area contributed by atoms with Crippen molar-refractivity contribution in [3.8, 4) is 6.07 Å². The fourth-order valence-electron chi connectivity index (χ4n) is 3.92. The SMILES string of the molecule is N#Cc1cccnc1N1CCN(CC(=O)N2CCN(Cc3cccs3)CC2)CC1. The first kappa shape index (κ1) is 19.8. The molecule has 4 rings (SSSR count). The van der Waals surface area contributed by atoms with E-state index < -0.39 is 0 Å². The van der Waals surface area contributed by atoms with E-state index in [2.05, 4.69) is 43.3 Å². The highest BCUT2D eigenvalue weighted by molar-refractivity contribution is 7.09. The molecule has 0 N–H and O–H groups in total. The Balaban J connectivity index is 1.22. The van der Waals surface area contributed by atoms with Gasteiger partial charge in [0.25, 0.3) is 0 Å². The lowest BCUT2D eigenvalue weighted by molar-refractivity contribution is -0.134. The van der Waals surface area contributed by atoms with Gasteiger partial charge in [-0.05, 0) is 23.6 Å². The van der Waals surface area contributed by atoms with Gasteiger partial charge in [-0.1, -0.05) is 6.07 Å². The van der Waals surface area contributed by atoms with Crippen molar-refractivity contribution >= 4 is 23.1 Å². The van der Waals surface area contributed by atoms with Gasteiger partial charge in [0.2, 0.25) is 5.91 Å². The molecule has 2 fully saturated rings. The average Bonchev–Trinajstić information content (AvgIpc) is 3.28. The van der Waals surface area contributed by atoms with E-state index in [0.717, 1.165) is 64.7 Å². The van der Waals surface area contributed by atoms with Crippen LogP contribution in [0.5, 0.6) is 0 Å². The molecule has 0 spiro atoms. The summed E-state index contributed by atoms with van der Waals surface area (Å²) in [6.45, 7) is 8.15. The van der Waals surface area contributed by atoms with Crippen molar-refractivity contribution in [3.63, 3.8) is 0 Å². The van der Waals surface area contributed by atoms with Gasteiger partial charge in [0.15, 0.2) is 0 Å². The Kier molecular flexibility index (Phi) is 6.39. The molecule has 0 unspecified atom stereocenters. The van der Waals surface area contributed by atoms with Crippen molar-refractivity contribution < 1.29 is 4.79 Å². The number of carbonyl (C=O) groups excluding carboxylic acids is 1. The Labute approximate surface area is 175 Å². The zero-order chi connectivity index (χ0) is 20.1. The zero-order valence-corrected chi connectivity index (χ0v) is 17.4. The van der Waals surface area contributed by atoms with Crippen LogP contribution in [0.15, 0.2) is 35.8 Å². The first-order valence-electron chi connectivity index (χ1n) is 10.1. The van der Waals surface area contributed by atoms with E-state index in [1.807, 2.05) is 4.90 Å². The maximum atomic E-state index is 12.7. The zero-order valence-electron chi connectivity index (χ0n) is 16.5. The minimum absolute atomic E-state index is 0.227. The normalized spacial score (nSPS) is 18.6. The van der Waals surface area contributed by atoms with Crippen LogP contribution in [-0.2, 0) is 11.3 Å². The minimum Gasteiger partial charge on any atom is -0.353 e.